The number of benzene rings is 2. The van der Waals surface area contributed by atoms with Crippen LogP contribution in [0.1, 0.15) is 62.6 Å². The summed E-state index contributed by atoms with van der Waals surface area (Å²) in [7, 11) is 0. The molecule has 0 aliphatic heterocycles. The molecule has 2 aromatic carbocycles. The summed E-state index contributed by atoms with van der Waals surface area (Å²) in [5.74, 6) is 6.97. The minimum absolute atomic E-state index is 0.134. The zero-order chi connectivity index (χ0) is 20.5. The first-order valence-corrected chi connectivity index (χ1v) is 11.3. The van der Waals surface area contributed by atoms with Crippen molar-refractivity contribution in [2.24, 2.45) is 5.41 Å². The lowest BCUT2D eigenvalue weighted by molar-refractivity contribution is 0.457. The van der Waals surface area contributed by atoms with Gasteiger partial charge in [0.05, 0.1) is 10.8 Å². The monoisotopic (exact) mass is 402 g/mol. The second-order valence-corrected chi connectivity index (χ2v) is 8.39. The molecular weight excluding hydrogens is 372 g/mol. The van der Waals surface area contributed by atoms with Crippen LogP contribution < -0.4 is 0 Å². The van der Waals surface area contributed by atoms with E-state index in [9.17, 15) is 0 Å². The molecule has 0 amide bonds. The van der Waals surface area contributed by atoms with Crippen molar-refractivity contribution < 1.29 is 0 Å². The molecule has 1 heteroatoms. The van der Waals surface area contributed by atoms with Crippen molar-refractivity contribution >= 4 is 17.2 Å². The first-order valence-electron chi connectivity index (χ1n) is 10.9. The van der Waals surface area contributed by atoms with Crippen molar-refractivity contribution in [2.75, 3.05) is 0 Å². The molecule has 1 aliphatic rings. The standard InChI is InChI=1S/C28H31Cl/c1-3-5-10-23-13-15-24(16-14-23)17-20-28(19-6-4-2)21-18-26(22-27(28)29)25-11-8-7-9-12-25/h7-9,11-16,18,21-22,27H,3-6,10,19H2,1-2H3. The van der Waals surface area contributed by atoms with Crippen LogP contribution in [-0.2, 0) is 6.42 Å². The third kappa shape index (κ3) is 5.65. The Morgan fingerprint density at radius 3 is 2.31 bits per heavy atom. The molecule has 150 valence electrons. The van der Waals surface area contributed by atoms with Crippen molar-refractivity contribution in [2.45, 2.75) is 57.7 Å². The van der Waals surface area contributed by atoms with E-state index in [1.807, 2.05) is 6.07 Å². The Kier molecular flexibility index (Phi) is 7.79. The summed E-state index contributed by atoms with van der Waals surface area (Å²) in [6.07, 6.45) is 13.5. The molecule has 0 bridgehead atoms. The molecule has 2 atom stereocenters. The van der Waals surface area contributed by atoms with Crippen LogP contribution in [0.5, 0.6) is 0 Å². The lowest BCUT2D eigenvalue weighted by atomic mass is 9.75. The molecule has 3 rings (SSSR count). The molecular formula is C28H31Cl. The van der Waals surface area contributed by atoms with E-state index in [1.165, 1.54) is 29.5 Å². The van der Waals surface area contributed by atoms with Crippen LogP contribution in [0.15, 0.2) is 72.8 Å². The maximum Gasteiger partial charge on any atom is 0.0726 e. The lowest BCUT2D eigenvalue weighted by Gasteiger charge is -2.32. The summed E-state index contributed by atoms with van der Waals surface area (Å²) < 4.78 is 0. The molecule has 0 spiro atoms. The zero-order valence-corrected chi connectivity index (χ0v) is 18.4. The second-order valence-electron chi connectivity index (χ2n) is 7.92. The number of hydrogen-bond acceptors (Lipinski definition) is 0. The molecule has 0 saturated carbocycles. The Morgan fingerprint density at radius 2 is 1.66 bits per heavy atom. The minimum Gasteiger partial charge on any atom is -0.116 e. The first-order chi connectivity index (χ1) is 14.2. The van der Waals surface area contributed by atoms with E-state index in [0.29, 0.717) is 0 Å². The van der Waals surface area contributed by atoms with Gasteiger partial charge in [-0.25, -0.2) is 0 Å². The number of alkyl halides is 1. The fourth-order valence-electron chi connectivity index (χ4n) is 3.70. The summed E-state index contributed by atoms with van der Waals surface area (Å²) in [6, 6.07) is 19.1. The van der Waals surface area contributed by atoms with Gasteiger partial charge in [0, 0.05) is 5.56 Å². The largest absolute Gasteiger partial charge is 0.116 e. The highest BCUT2D eigenvalue weighted by Crippen LogP contribution is 2.40. The first kappa shape index (κ1) is 21.5. The highest BCUT2D eigenvalue weighted by atomic mass is 35.5. The van der Waals surface area contributed by atoms with Crippen molar-refractivity contribution in [3.05, 3.63) is 89.5 Å². The fourth-order valence-corrected chi connectivity index (χ4v) is 4.08. The summed E-state index contributed by atoms with van der Waals surface area (Å²) >= 11 is 6.94. The second kappa shape index (κ2) is 10.5. The average Bonchev–Trinajstić information content (AvgIpc) is 2.77. The Hall–Kier alpha value is -2.23. The van der Waals surface area contributed by atoms with Gasteiger partial charge in [-0.15, -0.1) is 11.6 Å². The molecule has 0 N–H and O–H groups in total. The van der Waals surface area contributed by atoms with Crippen molar-refractivity contribution in [1.82, 2.24) is 0 Å². The van der Waals surface area contributed by atoms with Gasteiger partial charge in [0.1, 0.15) is 0 Å². The third-order valence-electron chi connectivity index (χ3n) is 5.64. The van der Waals surface area contributed by atoms with Crippen LogP contribution in [0.25, 0.3) is 5.57 Å². The van der Waals surface area contributed by atoms with Crippen LogP contribution in [0.4, 0.5) is 0 Å². The normalized spacial score (nSPS) is 20.7. The number of unbranched alkanes of at least 4 members (excludes halogenated alkanes) is 2. The highest BCUT2D eigenvalue weighted by molar-refractivity contribution is 6.23. The smallest absolute Gasteiger partial charge is 0.0726 e. The fraction of sp³-hybridized carbons (Fsp3) is 0.357. The van der Waals surface area contributed by atoms with Gasteiger partial charge in [0.25, 0.3) is 0 Å². The van der Waals surface area contributed by atoms with Gasteiger partial charge in [-0.1, -0.05) is 106 Å². The maximum absolute atomic E-state index is 6.94. The topological polar surface area (TPSA) is 0 Å². The molecule has 29 heavy (non-hydrogen) atoms. The van der Waals surface area contributed by atoms with Gasteiger partial charge < -0.3 is 0 Å². The van der Waals surface area contributed by atoms with Crippen molar-refractivity contribution in [3.8, 4) is 11.8 Å². The Morgan fingerprint density at radius 1 is 0.931 bits per heavy atom. The van der Waals surface area contributed by atoms with Gasteiger partial charge in [-0.2, -0.15) is 0 Å². The quantitative estimate of drug-likeness (QED) is 0.327. The number of aryl methyl sites for hydroxylation is 1. The molecule has 1 aliphatic carbocycles. The van der Waals surface area contributed by atoms with E-state index in [-0.39, 0.29) is 10.8 Å². The molecule has 0 fully saturated rings. The number of rotatable bonds is 7. The molecule has 2 aromatic rings. The van der Waals surface area contributed by atoms with E-state index in [4.69, 9.17) is 11.6 Å². The maximum atomic E-state index is 6.94. The summed E-state index contributed by atoms with van der Waals surface area (Å²) in [6.45, 7) is 4.45. The number of halogens is 1. The van der Waals surface area contributed by atoms with Gasteiger partial charge in [0.15, 0.2) is 0 Å². The van der Waals surface area contributed by atoms with E-state index in [2.05, 4.69) is 92.4 Å². The predicted molar refractivity (Wildman–Crippen MR) is 127 cm³/mol. The summed E-state index contributed by atoms with van der Waals surface area (Å²) in [4.78, 5) is 0. The highest BCUT2D eigenvalue weighted by Gasteiger charge is 2.34. The molecule has 0 radical (unpaired) electrons. The van der Waals surface area contributed by atoms with Crippen LogP contribution in [0.2, 0.25) is 0 Å². The van der Waals surface area contributed by atoms with Crippen LogP contribution >= 0.6 is 11.6 Å². The average molecular weight is 403 g/mol. The van der Waals surface area contributed by atoms with Gasteiger partial charge in [-0.3, -0.25) is 0 Å². The molecule has 0 saturated heterocycles. The lowest BCUT2D eigenvalue weighted by Crippen LogP contribution is -2.29. The van der Waals surface area contributed by atoms with Crippen LogP contribution in [0, 0.1) is 17.3 Å². The zero-order valence-electron chi connectivity index (χ0n) is 17.6. The van der Waals surface area contributed by atoms with Gasteiger partial charge in [-0.05, 0) is 48.1 Å². The Balaban J connectivity index is 1.83. The predicted octanol–water partition coefficient (Wildman–Crippen LogP) is 7.82. The molecule has 0 heterocycles. The van der Waals surface area contributed by atoms with Crippen molar-refractivity contribution in [1.29, 1.82) is 0 Å². The van der Waals surface area contributed by atoms with Gasteiger partial charge in [0.2, 0.25) is 0 Å². The van der Waals surface area contributed by atoms with Crippen LogP contribution in [-0.4, -0.2) is 5.38 Å². The third-order valence-corrected chi connectivity index (χ3v) is 6.16. The van der Waals surface area contributed by atoms with Gasteiger partial charge >= 0.3 is 0 Å². The summed E-state index contributed by atoms with van der Waals surface area (Å²) in [5.41, 5.74) is 4.53. The van der Waals surface area contributed by atoms with E-state index in [1.54, 1.807) is 0 Å². The molecule has 0 nitrogen and oxygen atoms in total. The van der Waals surface area contributed by atoms with E-state index < -0.39 is 0 Å². The molecule has 2 unspecified atom stereocenters. The SMILES string of the molecule is CCCCc1ccc(C#CC2(CCCC)C=CC(c3ccccc3)=CC2Cl)cc1. The summed E-state index contributed by atoms with van der Waals surface area (Å²) in [5, 5.41) is -0.134. The molecule has 0 aromatic heterocycles. The van der Waals surface area contributed by atoms with Crippen molar-refractivity contribution in [3.63, 3.8) is 0 Å². The minimum atomic E-state index is -0.309. The van der Waals surface area contributed by atoms with Crippen LogP contribution in [0.3, 0.4) is 0 Å². The number of hydrogen-bond donors (Lipinski definition) is 0. The van der Waals surface area contributed by atoms with E-state index in [0.717, 1.165) is 31.2 Å². The Bertz CT molecular complexity index is 893. The number of allylic oxidation sites excluding steroid dienone is 4. The Labute approximate surface area is 181 Å². The van der Waals surface area contributed by atoms with E-state index >= 15 is 0 Å².